The summed E-state index contributed by atoms with van der Waals surface area (Å²) >= 11 is 0. The number of hydrogen-bond donors (Lipinski definition) is 10. The number of nitrogens with two attached hydrogens (primary N) is 5. The van der Waals surface area contributed by atoms with Gasteiger partial charge in [-0.3, -0.25) is 24.4 Å². The molecule has 0 aromatic rings. The van der Waals surface area contributed by atoms with Crippen LogP contribution < -0.4 is 44.6 Å². The van der Waals surface area contributed by atoms with E-state index in [-0.39, 0.29) is 44.3 Å². The minimum Gasteiger partial charge on any atom is -0.480 e. The number of rotatable bonds is 17. The Morgan fingerprint density at radius 1 is 0.757 bits per heavy atom. The van der Waals surface area contributed by atoms with Crippen LogP contribution in [0.4, 0.5) is 0 Å². The van der Waals surface area contributed by atoms with Crippen molar-refractivity contribution >= 4 is 35.6 Å². The van der Waals surface area contributed by atoms with E-state index in [2.05, 4.69) is 25.9 Å². The number of amides is 3. The minimum absolute atomic E-state index is 0.0457. The lowest BCUT2D eigenvalue weighted by Crippen LogP contribution is -2.60. The average molecular weight is 531 g/mol. The molecule has 0 aliphatic heterocycles. The van der Waals surface area contributed by atoms with Gasteiger partial charge in [-0.15, -0.1) is 0 Å². The number of nitrogens with zero attached hydrogens (tertiary/aromatic N) is 2. The molecule has 0 fully saturated rings. The van der Waals surface area contributed by atoms with Crippen LogP contribution >= 0.6 is 0 Å². The van der Waals surface area contributed by atoms with Gasteiger partial charge in [-0.05, 0) is 38.5 Å². The van der Waals surface area contributed by atoms with Crippen LogP contribution in [0.2, 0.25) is 0 Å². The van der Waals surface area contributed by atoms with Gasteiger partial charge < -0.3 is 54.8 Å². The fraction of sp³-hybridized carbons (Fsp3) is 0.714. The molecule has 5 atom stereocenters. The SMILES string of the molecule is CC(C)C(NC(=O)C(NC(=O)C(N)CCCN=C(N)N)C(C)O)C(=O)NC(CCCN=C(N)N)C(=O)O. The Morgan fingerprint density at radius 2 is 1.22 bits per heavy atom. The normalized spacial score (nSPS) is 14.9. The van der Waals surface area contributed by atoms with Gasteiger partial charge >= 0.3 is 5.97 Å². The highest BCUT2D eigenvalue weighted by atomic mass is 16.4. The van der Waals surface area contributed by atoms with Crippen molar-refractivity contribution in [3.05, 3.63) is 0 Å². The lowest BCUT2D eigenvalue weighted by atomic mass is 10.0. The number of carboxylic acids is 1. The van der Waals surface area contributed by atoms with E-state index in [1.807, 2.05) is 0 Å². The fourth-order valence-corrected chi connectivity index (χ4v) is 3.12. The maximum Gasteiger partial charge on any atom is 0.326 e. The predicted octanol–water partition coefficient (Wildman–Crippen LogP) is -4.00. The van der Waals surface area contributed by atoms with Crippen LogP contribution in [0.1, 0.15) is 46.5 Å². The summed E-state index contributed by atoms with van der Waals surface area (Å²) in [6.45, 7) is 5.01. The maximum absolute atomic E-state index is 12.9. The van der Waals surface area contributed by atoms with Crippen LogP contribution in [-0.4, -0.2) is 89.2 Å². The summed E-state index contributed by atoms with van der Waals surface area (Å²) in [4.78, 5) is 57.3. The summed E-state index contributed by atoms with van der Waals surface area (Å²) in [5.41, 5.74) is 26.8. The standard InChI is InChI=1S/C21H42N10O6/c1-10(2)14(17(34)29-13(19(36)37)7-5-9-28-21(25)26)30-18(35)15(11(3)32)31-16(33)12(22)6-4-8-27-20(23)24/h10-15,32H,4-9,22H2,1-3H3,(H,29,34)(H,30,35)(H,31,33)(H,36,37)(H4,23,24,27)(H4,25,26,28). The number of aliphatic carboxylic acids is 1. The summed E-state index contributed by atoms with van der Waals surface area (Å²) in [6, 6.07) is -4.81. The van der Waals surface area contributed by atoms with Gasteiger partial charge in [0.25, 0.3) is 0 Å². The van der Waals surface area contributed by atoms with Crippen molar-refractivity contribution in [1.82, 2.24) is 16.0 Å². The number of carbonyl (C=O) groups is 4. The molecule has 16 heteroatoms. The average Bonchev–Trinajstić information content (AvgIpc) is 2.78. The fourth-order valence-electron chi connectivity index (χ4n) is 3.12. The Labute approximate surface area is 215 Å². The number of aliphatic hydroxyl groups is 1. The highest BCUT2D eigenvalue weighted by Gasteiger charge is 2.33. The van der Waals surface area contributed by atoms with Crippen LogP contribution in [-0.2, 0) is 19.2 Å². The summed E-state index contributed by atoms with van der Waals surface area (Å²) in [5.74, 6) is -4.23. The lowest BCUT2D eigenvalue weighted by Gasteiger charge is -2.28. The second-order valence-corrected chi connectivity index (χ2v) is 8.86. The smallest absolute Gasteiger partial charge is 0.326 e. The largest absolute Gasteiger partial charge is 0.480 e. The Morgan fingerprint density at radius 3 is 1.65 bits per heavy atom. The molecule has 0 aliphatic rings. The molecule has 0 aromatic heterocycles. The number of guanidine groups is 2. The molecular formula is C21H42N10O6. The Hall–Kier alpha value is -3.66. The first-order valence-electron chi connectivity index (χ1n) is 11.9. The van der Waals surface area contributed by atoms with Crippen LogP contribution in [0.25, 0.3) is 0 Å². The van der Waals surface area contributed by atoms with E-state index < -0.39 is 59.9 Å². The second kappa shape index (κ2) is 16.9. The molecule has 0 radical (unpaired) electrons. The van der Waals surface area contributed by atoms with Crippen molar-refractivity contribution in [2.24, 2.45) is 44.6 Å². The van der Waals surface area contributed by atoms with Gasteiger partial charge in [-0.25, -0.2) is 4.79 Å². The molecule has 15 N–H and O–H groups in total. The second-order valence-electron chi connectivity index (χ2n) is 8.86. The van der Waals surface area contributed by atoms with Gasteiger partial charge in [0.1, 0.15) is 18.1 Å². The highest BCUT2D eigenvalue weighted by Crippen LogP contribution is 2.07. The highest BCUT2D eigenvalue weighted by molar-refractivity contribution is 5.94. The molecule has 16 nitrogen and oxygen atoms in total. The first kappa shape index (κ1) is 33.3. The number of aliphatic imine (C=N–C) groups is 2. The molecule has 0 aromatic carbocycles. The van der Waals surface area contributed by atoms with Gasteiger partial charge in [0.15, 0.2) is 11.9 Å². The monoisotopic (exact) mass is 530 g/mol. The number of carboxylic acid groups (broad SMARTS) is 1. The van der Waals surface area contributed by atoms with Gasteiger partial charge in [0.05, 0.1) is 12.1 Å². The third-order valence-electron chi connectivity index (χ3n) is 5.17. The van der Waals surface area contributed by atoms with Gasteiger partial charge in [0.2, 0.25) is 17.7 Å². The third kappa shape index (κ3) is 13.9. The maximum atomic E-state index is 12.9. The Kier molecular flexibility index (Phi) is 15.2. The van der Waals surface area contributed by atoms with Crippen molar-refractivity contribution in [2.75, 3.05) is 13.1 Å². The molecule has 3 amide bonds. The molecule has 0 heterocycles. The first-order chi connectivity index (χ1) is 17.2. The van der Waals surface area contributed by atoms with Crippen molar-refractivity contribution in [3.8, 4) is 0 Å². The molecule has 5 unspecified atom stereocenters. The molecule has 212 valence electrons. The lowest BCUT2D eigenvalue weighted by molar-refractivity contribution is -0.143. The van der Waals surface area contributed by atoms with E-state index in [4.69, 9.17) is 28.7 Å². The molecule has 0 aliphatic carbocycles. The first-order valence-corrected chi connectivity index (χ1v) is 11.9. The minimum atomic E-state index is -1.42. The molecule has 0 bridgehead atoms. The van der Waals surface area contributed by atoms with E-state index >= 15 is 0 Å². The summed E-state index contributed by atoms with van der Waals surface area (Å²) in [7, 11) is 0. The number of nitrogens with one attached hydrogen (secondary N) is 3. The van der Waals surface area contributed by atoms with Crippen molar-refractivity contribution in [2.45, 2.75) is 76.7 Å². The third-order valence-corrected chi connectivity index (χ3v) is 5.17. The van der Waals surface area contributed by atoms with Crippen molar-refractivity contribution < 1.29 is 29.4 Å². The van der Waals surface area contributed by atoms with Gasteiger partial charge in [-0.1, -0.05) is 13.8 Å². The van der Waals surface area contributed by atoms with Crippen LogP contribution in [0.3, 0.4) is 0 Å². The van der Waals surface area contributed by atoms with E-state index in [1.54, 1.807) is 13.8 Å². The summed E-state index contributed by atoms with van der Waals surface area (Å²) < 4.78 is 0. The van der Waals surface area contributed by atoms with E-state index in [9.17, 15) is 29.4 Å². The van der Waals surface area contributed by atoms with E-state index in [0.29, 0.717) is 6.42 Å². The Balaban J connectivity index is 5.23. The molecule has 0 rings (SSSR count). The summed E-state index contributed by atoms with van der Waals surface area (Å²) in [6.07, 6.45) is -0.367. The van der Waals surface area contributed by atoms with Crippen LogP contribution in [0.15, 0.2) is 9.98 Å². The number of aliphatic hydroxyl groups excluding tert-OH is 1. The van der Waals surface area contributed by atoms with Crippen molar-refractivity contribution in [3.63, 3.8) is 0 Å². The van der Waals surface area contributed by atoms with E-state index in [1.165, 1.54) is 6.92 Å². The molecule has 37 heavy (non-hydrogen) atoms. The van der Waals surface area contributed by atoms with Gasteiger partial charge in [0, 0.05) is 13.1 Å². The zero-order valence-electron chi connectivity index (χ0n) is 21.5. The zero-order chi connectivity index (χ0) is 28.7. The molecule has 0 saturated carbocycles. The van der Waals surface area contributed by atoms with Crippen LogP contribution in [0.5, 0.6) is 0 Å². The quantitative estimate of drug-likeness (QED) is 0.0490. The van der Waals surface area contributed by atoms with Crippen LogP contribution in [0, 0.1) is 5.92 Å². The van der Waals surface area contributed by atoms with Gasteiger partial charge in [-0.2, -0.15) is 0 Å². The predicted molar refractivity (Wildman–Crippen MR) is 138 cm³/mol. The zero-order valence-corrected chi connectivity index (χ0v) is 21.5. The topological polar surface area (TPSA) is 300 Å². The number of hydrogen-bond acceptors (Lipinski definition) is 8. The Bertz CT molecular complexity index is 825. The number of carbonyl (C=O) groups excluding carboxylic acids is 3. The molecule has 0 saturated heterocycles. The van der Waals surface area contributed by atoms with E-state index in [0.717, 1.165) is 0 Å². The summed E-state index contributed by atoms with van der Waals surface area (Å²) in [5, 5.41) is 26.8. The molecular weight excluding hydrogens is 488 g/mol. The van der Waals surface area contributed by atoms with Crippen molar-refractivity contribution in [1.29, 1.82) is 0 Å². The molecule has 0 spiro atoms.